The number of hydrogen-bond acceptors (Lipinski definition) is 9. The zero-order chi connectivity index (χ0) is 26.7. The van der Waals surface area contributed by atoms with Gasteiger partial charge in [-0.15, -0.1) is 0 Å². The molecule has 3 aromatic rings. The van der Waals surface area contributed by atoms with Crippen molar-refractivity contribution in [1.82, 2.24) is 25.1 Å². The van der Waals surface area contributed by atoms with Crippen LogP contribution in [0.25, 0.3) is 0 Å². The first kappa shape index (κ1) is 26.3. The van der Waals surface area contributed by atoms with E-state index in [1.807, 2.05) is 19.1 Å². The van der Waals surface area contributed by atoms with Gasteiger partial charge in [-0.3, -0.25) is 14.8 Å². The number of aromatic amines is 1. The molecule has 0 bridgehead atoms. The van der Waals surface area contributed by atoms with E-state index < -0.39 is 18.5 Å². The molecule has 1 aromatic carbocycles. The second kappa shape index (κ2) is 11.2. The van der Waals surface area contributed by atoms with E-state index in [1.54, 1.807) is 24.3 Å². The van der Waals surface area contributed by atoms with E-state index in [9.17, 15) is 18.0 Å². The highest BCUT2D eigenvalue weighted by atomic mass is 32.2. The van der Waals surface area contributed by atoms with Crippen LogP contribution in [0.2, 0.25) is 0 Å². The standard InChI is InChI=1S/C24H27F3N8O2S/c1-15-10-20(33-32-15)29-19-11-21(35-13-17(14-35)34-6-8-37-9-7-34)31-23(30-19)38-18-4-2-16(3-5-18)28-22(36)12-24(25,26)27/h2-5,10-11,17H,6-9,12-14H2,1H3,(H,28,36)(H2,29,30,31,32,33). The van der Waals surface area contributed by atoms with Crippen LogP contribution in [-0.2, 0) is 9.53 Å². The second-order valence-corrected chi connectivity index (χ2v) is 10.2. The number of benzene rings is 1. The van der Waals surface area contributed by atoms with Crippen LogP contribution in [-0.4, -0.2) is 82.6 Å². The molecule has 4 heterocycles. The Hall–Kier alpha value is -3.36. The highest BCUT2D eigenvalue weighted by Gasteiger charge is 2.34. The van der Waals surface area contributed by atoms with Gasteiger partial charge >= 0.3 is 6.18 Å². The van der Waals surface area contributed by atoms with Crippen molar-refractivity contribution < 1.29 is 22.7 Å². The number of morpholine rings is 1. The number of carbonyl (C=O) groups excluding carboxylic acids is 1. The number of nitrogens with one attached hydrogen (secondary N) is 3. The monoisotopic (exact) mass is 548 g/mol. The first-order chi connectivity index (χ1) is 18.2. The molecule has 10 nitrogen and oxygen atoms in total. The molecule has 1 amide bonds. The summed E-state index contributed by atoms with van der Waals surface area (Å²) in [6.45, 7) is 6.98. The van der Waals surface area contributed by atoms with Crippen molar-refractivity contribution in [1.29, 1.82) is 0 Å². The number of nitrogens with zero attached hydrogens (tertiary/aromatic N) is 5. The molecule has 14 heteroatoms. The maximum Gasteiger partial charge on any atom is 0.397 e. The minimum Gasteiger partial charge on any atom is -0.379 e. The van der Waals surface area contributed by atoms with Crippen LogP contribution in [0.5, 0.6) is 0 Å². The van der Waals surface area contributed by atoms with Gasteiger partial charge in [-0.2, -0.15) is 18.3 Å². The topological polar surface area (TPSA) is 111 Å². The highest BCUT2D eigenvalue weighted by molar-refractivity contribution is 7.99. The number of amides is 1. The van der Waals surface area contributed by atoms with E-state index in [-0.39, 0.29) is 5.69 Å². The molecule has 0 unspecified atom stereocenters. The number of aromatic nitrogens is 4. The Kier molecular flexibility index (Phi) is 7.72. The van der Waals surface area contributed by atoms with Crippen molar-refractivity contribution in [3.05, 3.63) is 42.1 Å². The molecule has 0 saturated carbocycles. The van der Waals surface area contributed by atoms with Gasteiger partial charge in [-0.25, -0.2) is 9.97 Å². The van der Waals surface area contributed by atoms with Crippen molar-refractivity contribution >= 4 is 40.8 Å². The minimum atomic E-state index is -4.55. The highest BCUT2D eigenvalue weighted by Crippen LogP contribution is 2.32. The van der Waals surface area contributed by atoms with E-state index >= 15 is 0 Å². The maximum atomic E-state index is 12.4. The predicted molar refractivity (Wildman–Crippen MR) is 137 cm³/mol. The third-order valence-electron chi connectivity index (χ3n) is 6.12. The normalized spacial score (nSPS) is 16.8. The van der Waals surface area contributed by atoms with Crippen LogP contribution < -0.4 is 15.5 Å². The molecular weight excluding hydrogens is 521 g/mol. The summed E-state index contributed by atoms with van der Waals surface area (Å²) in [6.07, 6.45) is -6.08. The molecule has 2 aromatic heterocycles. The van der Waals surface area contributed by atoms with Gasteiger partial charge in [0.15, 0.2) is 5.16 Å². The largest absolute Gasteiger partial charge is 0.397 e. The number of alkyl halides is 3. The number of hydrogen-bond donors (Lipinski definition) is 3. The first-order valence-corrected chi connectivity index (χ1v) is 12.9. The molecule has 0 spiro atoms. The molecule has 3 N–H and O–H groups in total. The Morgan fingerprint density at radius 2 is 1.89 bits per heavy atom. The molecule has 2 aliphatic rings. The Morgan fingerprint density at radius 1 is 1.16 bits per heavy atom. The zero-order valence-electron chi connectivity index (χ0n) is 20.6. The molecule has 202 valence electrons. The third kappa shape index (κ3) is 6.94. The number of rotatable bonds is 8. The van der Waals surface area contributed by atoms with Gasteiger partial charge in [0.1, 0.15) is 23.9 Å². The van der Waals surface area contributed by atoms with Crippen LogP contribution in [0.15, 0.2) is 46.5 Å². The average Bonchev–Trinajstić information content (AvgIpc) is 3.23. The summed E-state index contributed by atoms with van der Waals surface area (Å²) < 4.78 is 42.7. The zero-order valence-corrected chi connectivity index (χ0v) is 21.4. The number of ether oxygens (including phenoxy) is 1. The Morgan fingerprint density at radius 3 is 2.55 bits per heavy atom. The maximum absolute atomic E-state index is 12.4. The van der Waals surface area contributed by atoms with Crippen molar-refractivity contribution in [2.75, 3.05) is 54.9 Å². The van der Waals surface area contributed by atoms with Crippen LogP contribution in [0.1, 0.15) is 12.1 Å². The molecule has 0 radical (unpaired) electrons. The molecule has 5 rings (SSSR count). The van der Waals surface area contributed by atoms with Crippen LogP contribution in [0.4, 0.5) is 36.3 Å². The van der Waals surface area contributed by atoms with Crippen LogP contribution >= 0.6 is 11.8 Å². The summed E-state index contributed by atoms with van der Waals surface area (Å²) >= 11 is 1.32. The van der Waals surface area contributed by atoms with Crippen LogP contribution in [0.3, 0.4) is 0 Å². The fourth-order valence-electron chi connectivity index (χ4n) is 4.22. The smallest absolute Gasteiger partial charge is 0.379 e. The van der Waals surface area contributed by atoms with Crippen molar-refractivity contribution in [2.45, 2.75) is 35.6 Å². The Labute approximate surface area is 221 Å². The van der Waals surface area contributed by atoms with Gasteiger partial charge in [0.05, 0.1) is 18.9 Å². The van der Waals surface area contributed by atoms with Gasteiger partial charge in [-0.05, 0) is 43.0 Å². The van der Waals surface area contributed by atoms with E-state index in [2.05, 4.69) is 35.6 Å². The molecule has 0 aliphatic carbocycles. The number of carbonyl (C=O) groups is 1. The van der Waals surface area contributed by atoms with Gasteiger partial charge < -0.3 is 20.3 Å². The van der Waals surface area contributed by atoms with Crippen LogP contribution in [0, 0.1) is 6.92 Å². The fourth-order valence-corrected chi connectivity index (χ4v) is 4.99. The average molecular weight is 549 g/mol. The number of halogens is 3. The van der Waals surface area contributed by atoms with Gasteiger partial charge in [-0.1, -0.05) is 0 Å². The predicted octanol–water partition coefficient (Wildman–Crippen LogP) is 3.81. The Balaban J connectivity index is 1.29. The summed E-state index contributed by atoms with van der Waals surface area (Å²) in [4.78, 5) is 26.4. The number of aryl methyl sites for hydroxylation is 1. The number of H-pyrrole nitrogens is 1. The molecule has 2 fully saturated rings. The summed E-state index contributed by atoms with van der Waals surface area (Å²) in [7, 11) is 0. The van der Waals surface area contributed by atoms with E-state index in [0.717, 1.165) is 55.8 Å². The van der Waals surface area contributed by atoms with E-state index in [0.29, 0.717) is 22.8 Å². The van der Waals surface area contributed by atoms with Crippen molar-refractivity contribution in [2.24, 2.45) is 0 Å². The van der Waals surface area contributed by atoms with Crippen molar-refractivity contribution in [3.8, 4) is 0 Å². The number of anilines is 4. The molecule has 2 saturated heterocycles. The summed E-state index contributed by atoms with van der Waals surface area (Å²) in [5.74, 6) is 0.995. The lowest BCUT2D eigenvalue weighted by molar-refractivity contribution is -0.150. The van der Waals surface area contributed by atoms with Gasteiger partial charge in [0, 0.05) is 54.9 Å². The fraction of sp³-hybridized carbons (Fsp3) is 0.417. The molecular formula is C24H27F3N8O2S. The molecule has 2 aliphatic heterocycles. The van der Waals surface area contributed by atoms with E-state index in [4.69, 9.17) is 9.72 Å². The lowest BCUT2D eigenvalue weighted by Crippen LogP contribution is -2.61. The lowest BCUT2D eigenvalue weighted by Gasteiger charge is -2.47. The van der Waals surface area contributed by atoms with Gasteiger partial charge in [0.25, 0.3) is 0 Å². The molecule has 38 heavy (non-hydrogen) atoms. The quantitative estimate of drug-likeness (QED) is 0.362. The summed E-state index contributed by atoms with van der Waals surface area (Å²) in [5.41, 5.74) is 1.12. The summed E-state index contributed by atoms with van der Waals surface area (Å²) in [6, 6.07) is 10.7. The van der Waals surface area contributed by atoms with Gasteiger partial charge in [0.2, 0.25) is 5.91 Å². The Bertz CT molecular complexity index is 1260. The van der Waals surface area contributed by atoms with Crippen molar-refractivity contribution in [3.63, 3.8) is 0 Å². The third-order valence-corrected chi connectivity index (χ3v) is 6.99. The minimum absolute atomic E-state index is 0.282. The SMILES string of the molecule is Cc1cc(Nc2cc(N3CC(N4CCOCC4)C3)nc(Sc3ccc(NC(=O)CC(F)(F)F)cc3)n2)[nH]n1. The molecule has 0 atom stereocenters. The van der Waals surface area contributed by atoms with E-state index in [1.165, 1.54) is 11.8 Å². The lowest BCUT2D eigenvalue weighted by atomic mass is 10.1. The first-order valence-electron chi connectivity index (χ1n) is 12.1. The summed E-state index contributed by atoms with van der Waals surface area (Å²) in [5, 5.41) is 13.1. The second-order valence-electron chi connectivity index (χ2n) is 9.12.